The van der Waals surface area contributed by atoms with Crippen molar-refractivity contribution in [3.63, 3.8) is 0 Å². The number of aryl methyl sites for hydroxylation is 1. The molecule has 8 nitrogen and oxygen atoms in total. The highest BCUT2D eigenvalue weighted by atomic mass is 32.2. The fourth-order valence-corrected chi connectivity index (χ4v) is 5.30. The number of amides is 2. The molecule has 0 aliphatic rings. The number of anilines is 1. The van der Waals surface area contributed by atoms with Crippen molar-refractivity contribution < 1.29 is 22.7 Å². The monoisotopic (exact) mass is 565 g/mol. The number of para-hydroxylation sites is 2. The van der Waals surface area contributed by atoms with Crippen LogP contribution < -0.4 is 14.4 Å². The second-order valence-corrected chi connectivity index (χ2v) is 12.8. The molecule has 1 atom stereocenters. The van der Waals surface area contributed by atoms with E-state index in [9.17, 15) is 18.0 Å². The molecule has 0 saturated heterocycles. The zero-order chi connectivity index (χ0) is 29.5. The van der Waals surface area contributed by atoms with Gasteiger partial charge in [0.1, 0.15) is 18.3 Å². The lowest BCUT2D eigenvalue weighted by atomic mass is 10.0. The minimum Gasteiger partial charge on any atom is -0.495 e. The van der Waals surface area contributed by atoms with Crippen LogP contribution in [0.25, 0.3) is 0 Å². The Bertz CT molecular complexity index is 1420. The second-order valence-electron chi connectivity index (χ2n) is 10.9. The van der Waals surface area contributed by atoms with Crippen LogP contribution in [0, 0.1) is 6.92 Å². The van der Waals surface area contributed by atoms with E-state index in [4.69, 9.17) is 4.74 Å². The van der Waals surface area contributed by atoms with Crippen LogP contribution in [0.3, 0.4) is 0 Å². The van der Waals surface area contributed by atoms with Gasteiger partial charge in [-0.2, -0.15) is 0 Å². The number of nitrogens with one attached hydrogen (secondary N) is 1. The minimum atomic E-state index is -3.89. The first-order chi connectivity index (χ1) is 18.8. The van der Waals surface area contributed by atoms with E-state index < -0.39 is 34.1 Å². The number of rotatable bonds is 11. The average Bonchev–Trinajstić information content (AvgIpc) is 2.88. The molecule has 0 fully saturated rings. The minimum absolute atomic E-state index is 0.124. The van der Waals surface area contributed by atoms with E-state index in [1.54, 1.807) is 24.3 Å². The van der Waals surface area contributed by atoms with Gasteiger partial charge in [-0.25, -0.2) is 8.42 Å². The molecule has 1 N–H and O–H groups in total. The van der Waals surface area contributed by atoms with Gasteiger partial charge in [-0.1, -0.05) is 72.3 Å². The maximum absolute atomic E-state index is 14.2. The summed E-state index contributed by atoms with van der Waals surface area (Å²) < 4.78 is 32.4. The Hall–Kier alpha value is -3.85. The summed E-state index contributed by atoms with van der Waals surface area (Å²) >= 11 is 0. The second kappa shape index (κ2) is 13.0. The van der Waals surface area contributed by atoms with E-state index in [1.165, 1.54) is 12.0 Å². The third-order valence-corrected chi connectivity index (χ3v) is 7.36. The molecule has 0 unspecified atom stereocenters. The van der Waals surface area contributed by atoms with Gasteiger partial charge >= 0.3 is 0 Å². The van der Waals surface area contributed by atoms with Gasteiger partial charge in [0.2, 0.25) is 21.8 Å². The Morgan fingerprint density at radius 2 is 1.55 bits per heavy atom. The Balaban J connectivity index is 2.10. The Kier molecular flexibility index (Phi) is 9.98. The first-order valence-corrected chi connectivity index (χ1v) is 14.9. The molecule has 3 aromatic carbocycles. The molecule has 0 saturated carbocycles. The zero-order valence-electron chi connectivity index (χ0n) is 24.0. The lowest BCUT2D eigenvalue weighted by molar-refractivity contribution is -0.140. The molecule has 0 radical (unpaired) electrons. The van der Waals surface area contributed by atoms with Crippen molar-refractivity contribution in [2.24, 2.45) is 0 Å². The smallest absolute Gasteiger partial charge is 0.244 e. The predicted molar refractivity (Wildman–Crippen MR) is 159 cm³/mol. The number of carbonyl (C=O) groups is 2. The molecule has 0 aromatic heterocycles. The molecule has 0 heterocycles. The van der Waals surface area contributed by atoms with Crippen molar-refractivity contribution in [2.75, 3.05) is 24.2 Å². The molecule has 214 valence electrons. The molecule has 9 heteroatoms. The number of benzene rings is 3. The number of ether oxygens (including phenoxy) is 1. The summed E-state index contributed by atoms with van der Waals surface area (Å²) in [5.41, 5.74) is 2.42. The number of hydrogen-bond acceptors (Lipinski definition) is 5. The number of hydrogen-bond donors (Lipinski definition) is 1. The molecule has 0 spiro atoms. The summed E-state index contributed by atoms with van der Waals surface area (Å²) in [7, 11) is -2.44. The van der Waals surface area contributed by atoms with Crippen LogP contribution in [-0.2, 0) is 32.6 Å². The van der Waals surface area contributed by atoms with Crippen molar-refractivity contribution in [3.8, 4) is 5.75 Å². The first-order valence-electron chi connectivity index (χ1n) is 13.1. The van der Waals surface area contributed by atoms with Crippen molar-refractivity contribution in [1.29, 1.82) is 0 Å². The van der Waals surface area contributed by atoms with Crippen LogP contribution in [0.15, 0.2) is 78.9 Å². The van der Waals surface area contributed by atoms with Crippen LogP contribution in [0.1, 0.15) is 37.5 Å². The van der Waals surface area contributed by atoms with E-state index >= 15 is 0 Å². The lowest BCUT2D eigenvalue weighted by Gasteiger charge is -2.35. The summed E-state index contributed by atoms with van der Waals surface area (Å²) in [5, 5.41) is 3.02. The third-order valence-electron chi connectivity index (χ3n) is 6.24. The van der Waals surface area contributed by atoms with Crippen molar-refractivity contribution in [2.45, 2.75) is 52.2 Å². The summed E-state index contributed by atoms with van der Waals surface area (Å²) in [6, 6.07) is 22.9. The largest absolute Gasteiger partial charge is 0.495 e. The molecule has 0 bridgehead atoms. The highest BCUT2D eigenvalue weighted by molar-refractivity contribution is 7.92. The van der Waals surface area contributed by atoms with Gasteiger partial charge in [-0.05, 0) is 51.0 Å². The van der Waals surface area contributed by atoms with E-state index in [1.807, 2.05) is 82.3 Å². The quantitative estimate of drug-likeness (QED) is 0.374. The van der Waals surface area contributed by atoms with E-state index in [-0.39, 0.29) is 24.6 Å². The zero-order valence-corrected chi connectivity index (χ0v) is 24.9. The van der Waals surface area contributed by atoms with Gasteiger partial charge in [0.05, 0.1) is 19.1 Å². The van der Waals surface area contributed by atoms with Crippen molar-refractivity contribution >= 4 is 27.5 Å². The molecule has 3 aromatic rings. The van der Waals surface area contributed by atoms with Crippen LogP contribution in [0.5, 0.6) is 5.75 Å². The molecule has 0 aliphatic heterocycles. The van der Waals surface area contributed by atoms with Crippen LogP contribution in [0.2, 0.25) is 0 Å². The highest BCUT2D eigenvalue weighted by Crippen LogP contribution is 2.30. The van der Waals surface area contributed by atoms with Gasteiger partial charge < -0.3 is 15.0 Å². The van der Waals surface area contributed by atoms with Gasteiger partial charge in [-0.15, -0.1) is 0 Å². The molecule has 2 amide bonds. The summed E-state index contributed by atoms with van der Waals surface area (Å²) in [4.78, 5) is 29.4. The number of carbonyl (C=O) groups excluding carboxylic acids is 2. The third kappa shape index (κ3) is 8.58. The standard InChI is InChI=1S/C31H39N3O5S/c1-23-13-12-16-25(19-23)21-33(27(30(36)32-31(2,3)4)20-24-14-8-7-9-15-24)29(35)22-34(40(6,37)38)26-17-10-11-18-28(26)39-5/h7-19,27H,20-22H2,1-6H3,(H,32,36)/t27-/m0/s1. The average molecular weight is 566 g/mol. The topological polar surface area (TPSA) is 96.0 Å². The van der Waals surface area contributed by atoms with Crippen LogP contribution in [-0.4, -0.2) is 56.6 Å². The maximum Gasteiger partial charge on any atom is 0.244 e. The van der Waals surface area contributed by atoms with E-state index in [2.05, 4.69) is 5.32 Å². The molecule has 3 rings (SSSR count). The maximum atomic E-state index is 14.2. The molecule has 40 heavy (non-hydrogen) atoms. The normalized spacial score (nSPS) is 12.3. The van der Waals surface area contributed by atoms with Crippen LogP contribution in [0.4, 0.5) is 5.69 Å². The molecular weight excluding hydrogens is 526 g/mol. The number of nitrogens with zero attached hydrogens (tertiary/aromatic N) is 2. The Morgan fingerprint density at radius 1 is 0.925 bits per heavy atom. The van der Waals surface area contributed by atoms with Crippen molar-refractivity contribution in [1.82, 2.24) is 10.2 Å². The van der Waals surface area contributed by atoms with Gasteiger partial charge in [-0.3, -0.25) is 13.9 Å². The SMILES string of the molecule is COc1ccccc1N(CC(=O)N(Cc1cccc(C)c1)[C@@H](Cc1ccccc1)C(=O)NC(C)(C)C)S(C)(=O)=O. The van der Waals surface area contributed by atoms with Gasteiger partial charge in [0.15, 0.2) is 0 Å². The summed E-state index contributed by atoms with van der Waals surface area (Å²) in [5.74, 6) is -0.513. The van der Waals surface area contributed by atoms with E-state index in [0.29, 0.717) is 5.75 Å². The Labute approximate surface area is 238 Å². The molecule has 0 aliphatic carbocycles. The summed E-state index contributed by atoms with van der Waals surface area (Å²) in [6.07, 6.45) is 1.30. The molecular formula is C31H39N3O5S. The summed E-state index contributed by atoms with van der Waals surface area (Å²) in [6.45, 7) is 7.22. The number of methoxy groups -OCH3 is 1. The van der Waals surface area contributed by atoms with Gasteiger partial charge in [0, 0.05) is 18.5 Å². The fraction of sp³-hybridized carbons (Fsp3) is 0.355. The van der Waals surface area contributed by atoms with Gasteiger partial charge in [0.25, 0.3) is 0 Å². The van der Waals surface area contributed by atoms with E-state index in [0.717, 1.165) is 27.3 Å². The van der Waals surface area contributed by atoms with Crippen LogP contribution >= 0.6 is 0 Å². The predicted octanol–water partition coefficient (Wildman–Crippen LogP) is 4.32. The fourth-order valence-electron chi connectivity index (χ4n) is 4.44. The number of sulfonamides is 1. The highest BCUT2D eigenvalue weighted by Gasteiger charge is 2.34. The van der Waals surface area contributed by atoms with Crippen molar-refractivity contribution in [3.05, 3.63) is 95.6 Å². The first kappa shape index (κ1) is 30.7. The Morgan fingerprint density at radius 3 is 2.15 bits per heavy atom. The lowest BCUT2D eigenvalue weighted by Crippen LogP contribution is -2.56.